The van der Waals surface area contributed by atoms with Crippen LogP contribution in [-0.4, -0.2) is 11.0 Å². The maximum absolute atomic E-state index is 10.3. The zero-order valence-electron chi connectivity index (χ0n) is 6.67. The number of carboxylic acid groups (broad SMARTS) is 1. The molecule has 0 radical (unpaired) electrons. The van der Waals surface area contributed by atoms with E-state index in [1.54, 1.807) is 13.8 Å². The molecule has 1 aromatic rings. The van der Waals surface area contributed by atoms with Crippen LogP contribution in [0.2, 0.25) is 0 Å². The van der Waals surface area contributed by atoms with Crippen molar-refractivity contribution >= 4 is 17.3 Å². The Morgan fingerprint density at radius 1 is 1.55 bits per heavy atom. The Balaban J connectivity index is 0.000001000. The van der Waals surface area contributed by atoms with Gasteiger partial charge in [-0.3, -0.25) is 0 Å². The van der Waals surface area contributed by atoms with Gasteiger partial charge in [0.2, 0.25) is 0 Å². The second kappa shape index (κ2) is 5.01. The molecule has 0 bridgehead atoms. The summed E-state index contributed by atoms with van der Waals surface area (Å²) < 4.78 is 0. The predicted octanol–water partition coefficient (Wildman–Crippen LogP) is -2.87. The Kier molecular flexibility index (Phi) is 5.53. The summed E-state index contributed by atoms with van der Waals surface area (Å²) in [7, 11) is 0. The monoisotopic (exact) mass is 289 g/mol. The quantitative estimate of drug-likeness (QED) is 0.558. The molecule has 3 nitrogen and oxygen atoms in total. The van der Waals surface area contributed by atoms with Gasteiger partial charge in [-0.15, -0.1) is 11.3 Å². The van der Waals surface area contributed by atoms with Crippen molar-refractivity contribution in [1.29, 1.82) is 0 Å². The van der Waals surface area contributed by atoms with E-state index >= 15 is 0 Å². The molecule has 1 rings (SSSR count). The molecule has 0 saturated carbocycles. The summed E-state index contributed by atoms with van der Waals surface area (Å²) in [6, 6.07) is 0. The van der Waals surface area contributed by atoms with Gasteiger partial charge in [0.15, 0.2) is 0 Å². The molecule has 0 fully saturated rings. The summed E-state index contributed by atoms with van der Waals surface area (Å²) in [5.74, 6) is -1.19. The first-order valence-corrected chi connectivity index (χ1v) is 3.58. The fourth-order valence-corrected chi connectivity index (χ4v) is 1.52. The molecule has 54 valence electrons. The number of aromatic nitrogens is 1. The molecular weight excluding hydrogens is 283 g/mol. The van der Waals surface area contributed by atoms with Crippen molar-refractivity contribution < 1.29 is 78.8 Å². The normalized spacial score (nSPS) is 8.91. The molecule has 5 heteroatoms. The number of hydrogen-bond acceptors (Lipinski definition) is 4. The summed E-state index contributed by atoms with van der Waals surface area (Å²) in [5.41, 5.74) is 0.0718. The maximum atomic E-state index is 10.3. The zero-order chi connectivity index (χ0) is 7.72. The summed E-state index contributed by atoms with van der Waals surface area (Å²) in [6.45, 7) is 3.49. The molecule has 0 saturated heterocycles. The van der Waals surface area contributed by atoms with Crippen LogP contribution in [-0.2, 0) is 0 Å². The van der Waals surface area contributed by atoms with E-state index in [-0.39, 0.29) is 74.6 Å². The molecule has 0 amide bonds. The number of thiazole rings is 1. The fraction of sp³-hybridized carbons (Fsp3) is 0.333. The minimum atomic E-state index is -1.19. The van der Waals surface area contributed by atoms with E-state index in [2.05, 4.69) is 4.98 Å². The number of aryl methyl sites for hydroxylation is 2. The number of nitrogens with zero attached hydrogens (tertiary/aromatic N) is 1. The third kappa shape index (κ3) is 3.18. The number of rotatable bonds is 1. The van der Waals surface area contributed by atoms with Gasteiger partial charge in [0.05, 0.1) is 16.7 Å². The Morgan fingerprint density at radius 2 is 2.09 bits per heavy atom. The first kappa shape index (κ1) is 12.2. The average molecular weight is 289 g/mol. The molecule has 11 heavy (non-hydrogen) atoms. The first-order valence-electron chi connectivity index (χ1n) is 2.76. The smallest absolute Gasteiger partial charge is 0.543 e. The minimum Gasteiger partial charge on any atom is -0.543 e. The number of carboxylic acids is 1. The molecule has 0 aromatic carbocycles. The second-order valence-electron chi connectivity index (χ2n) is 1.93. The molecule has 0 N–H and O–H groups in total. The van der Waals surface area contributed by atoms with E-state index in [1.807, 2.05) is 0 Å². The van der Waals surface area contributed by atoms with Crippen molar-refractivity contribution in [1.82, 2.24) is 4.98 Å². The summed E-state index contributed by atoms with van der Waals surface area (Å²) in [4.78, 5) is 14.7. The van der Waals surface area contributed by atoms with Crippen molar-refractivity contribution in [3.05, 3.63) is 15.6 Å². The van der Waals surface area contributed by atoms with Crippen molar-refractivity contribution in [2.45, 2.75) is 13.8 Å². The Labute approximate surface area is 128 Å². The van der Waals surface area contributed by atoms with Gasteiger partial charge in [-0.25, -0.2) is 4.98 Å². The molecular formula is C6H6CsNO2S. The van der Waals surface area contributed by atoms with E-state index in [0.29, 0.717) is 4.88 Å². The fourth-order valence-electron chi connectivity index (χ4n) is 0.718. The zero-order valence-corrected chi connectivity index (χ0v) is 13.8. The van der Waals surface area contributed by atoms with Gasteiger partial charge in [-0.05, 0) is 13.8 Å². The Bertz CT molecular complexity index is 272. The van der Waals surface area contributed by atoms with E-state index in [1.165, 1.54) is 11.3 Å². The molecule has 0 aliphatic carbocycles. The number of carbonyl (C=O) groups excluding carboxylic acids is 1. The van der Waals surface area contributed by atoms with Crippen LogP contribution in [0.1, 0.15) is 20.4 Å². The molecule has 0 aliphatic rings. The predicted molar refractivity (Wildman–Crippen MR) is 35.9 cm³/mol. The minimum absolute atomic E-state index is 0. The molecule has 0 atom stereocenters. The number of aromatic carboxylic acids is 1. The van der Waals surface area contributed by atoms with E-state index < -0.39 is 5.97 Å². The van der Waals surface area contributed by atoms with Crippen LogP contribution in [0.15, 0.2) is 0 Å². The van der Waals surface area contributed by atoms with Gasteiger partial charge in [0.1, 0.15) is 0 Å². The standard InChI is InChI=1S/C6H7NO2S.Cs/c1-3-5(6(8)9)7-4(2)10-3;/h1-2H3,(H,8,9);/q;+1/p-1. The van der Waals surface area contributed by atoms with Crippen LogP contribution >= 0.6 is 11.3 Å². The van der Waals surface area contributed by atoms with Gasteiger partial charge in [-0.2, -0.15) is 0 Å². The third-order valence-corrected chi connectivity index (χ3v) is 1.98. The van der Waals surface area contributed by atoms with Gasteiger partial charge in [0, 0.05) is 4.88 Å². The molecule has 0 spiro atoms. The molecule has 0 aliphatic heterocycles. The second-order valence-corrected chi connectivity index (χ2v) is 3.33. The topological polar surface area (TPSA) is 53.0 Å². The van der Waals surface area contributed by atoms with Crippen molar-refractivity contribution in [3.8, 4) is 0 Å². The molecule has 0 unspecified atom stereocenters. The summed E-state index contributed by atoms with van der Waals surface area (Å²) >= 11 is 1.37. The van der Waals surface area contributed by atoms with Crippen LogP contribution < -0.4 is 74.0 Å². The average Bonchev–Trinajstić information content (AvgIpc) is 2.10. The summed E-state index contributed by atoms with van der Waals surface area (Å²) in [6.07, 6.45) is 0. The Morgan fingerprint density at radius 3 is 2.27 bits per heavy atom. The summed E-state index contributed by atoms with van der Waals surface area (Å²) in [5, 5.41) is 11.0. The largest absolute Gasteiger partial charge is 1.00 e. The van der Waals surface area contributed by atoms with Crippen molar-refractivity contribution in [3.63, 3.8) is 0 Å². The van der Waals surface area contributed by atoms with Crippen LogP contribution in [0.4, 0.5) is 0 Å². The van der Waals surface area contributed by atoms with Gasteiger partial charge >= 0.3 is 68.9 Å². The maximum Gasteiger partial charge on any atom is 1.00 e. The van der Waals surface area contributed by atoms with Crippen LogP contribution in [0, 0.1) is 13.8 Å². The first-order chi connectivity index (χ1) is 4.61. The van der Waals surface area contributed by atoms with Crippen LogP contribution in [0.5, 0.6) is 0 Å². The number of hydrogen-bond donors (Lipinski definition) is 0. The van der Waals surface area contributed by atoms with Gasteiger partial charge < -0.3 is 9.90 Å². The van der Waals surface area contributed by atoms with Gasteiger partial charge in [-0.1, -0.05) is 0 Å². The van der Waals surface area contributed by atoms with E-state index in [0.717, 1.165) is 5.01 Å². The molecule has 1 aromatic heterocycles. The Hall–Kier alpha value is 1.15. The SMILES string of the molecule is Cc1nc(C(=O)[O-])c(C)s1.[Cs+]. The van der Waals surface area contributed by atoms with Crippen LogP contribution in [0.3, 0.4) is 0 Å². The van der Waals surface area contributed by atoms with E-state index in [9.17, 15) is 9.90 Å². The van der Waals surface area contributed by atoms with Crippen molar-refractivity contribution in [2.75, 3.05) is 0 Å². The number of carbonyl (C=O) groups is 1. The van der Waals surface area contributed by atoms with E-state index in [4.69, 9.17) is 0 Å². The van der Waals surface area contributed by atoms with Crippen LogP contribution in [0.25, 0.3) is 0 Å². The third-order valence-electron chi connectivity index (χ3n) is 1.10. The van der Waals surface area contributed by atoms with Crippen molar-refractivity contribution in [2.24, 2.45) is 0 Å². The van der Waals surface area contributed by atoms with Gasteiger partial charge in [0.25, 0.3) is 0 Å². The molecule has 1 heterocycles.